The zero-order valence-corrected chi connectivity index (χ0v) is 6.96. The molecule has 3 nitrogen and oxygen atoms in total. The maximum atomic E-state index is 10.3. The lowest BCUT2D eigenvalue weighted by molar-refractivity contribution is -0.118. The van der Waals surface area contributed by atoms with Crippen molar-refractivity contribution in [3.63, 3.8) is 0 Å². The number of amides is 1. The molecule has 0 saturated heterocycles. The van der Waals surface area contributed by atoms with Crippen LogP contribution in [0.15, 0.2) is 0 Å². The number of carbonyl (C=O) groups excluding carboxylic acids is 2. The van der Waals surface area contributed by atoms with Crippen molar-refractivity contribution in [2.75, 3.05) is 12.3 Å². The molecule has 58 valence electrons. The van der Waals surface area contributed by atoms with Crippen molar-refractivity contribution in [1.82, 2.24) is 5.32 Å². The first-order valence-corrected chi connectivity index (χ1v) is 3.99. The van der Waals surface area contributed by atoms with Crippen LogP contribution in [-0.2, 0) is 9.59 Å². The molecule has 0 atom stereocenters. The van der Waals surface area contributed by atoms with Crippen LogP contribution in [0.5, 0.6) is 0 Å². The van der Waals surface area contributed by atoms with E-state index in [2.05, 4.69) is 5.32 Å². The standard InChI is InChI=1S/C6H11NO2S/c1-5(8)7-3-4-10-6(2)9/h3-4H2,1-2H3,(H,7,8)/i6+1,9+2. The van der Waals surface area contributed by atoms with Gasteiger partial charge in [-0.05, 0) is 0 Å². The van der Waals surface area contributed by atoms with E-state index in [9.17, 15) is 9.59 Å². The van der Waals surface area contributed by atoms with E-state index >= 15 is 0 Å². The van der Waals surface area contributed by atoms with E-state index in [4.69, 9.17) is 0 Å². The molecule has 0 unspecified atom stereocenters. The molecule has 10 heavy (non-hydrogen) atoms. The second kappa shape index (κ2) is 5.29. The lowest BCUT2D eigenvalue weighted by Gasteiger charge is -1.97. The lowest BCUT2D eigenvalue weighted by atomic mass is 10.6. The summed E-state index contributed by atoms with van der Waals surface area (Å²) in [7, 11) is 0. The van der Waals surface area contributed by atoms with Crippen molar-refractivity contribution in [1.29, 1.82) is 0 Å². The lowest BCUT2D eigenvalue weighted by Crippen LogP contribution is -2.22. The summed E-state index contributed by atoms with van der Waals surface area (Å²) in [5.41, 5.74) is 0. The second-order valence-electron chi connectivity index (χ2n) is 1.82. The molecule has 0 radical (unpaired) electrons. The van der Waals surface area contributed by atoms with E-state index in [0.29, 0.717) is 12.3 Å². The van der Waals surface area contributed by atoms with Crippen LogP contribution in [0.4, 0.5) is 0 Å². The minimum Gasteiger partial charge on any atom is -0.356 e. The fraction of sp³-hybridized carbons (Fsp3) is 0.667. The highest BCUT2D eigenvalue weighted by Crippen LogP contribution is 1.97. The highest BCUT2D eigenvalue weighted by atomic mass is 32.2. The fourth-order valence-corrected chi connectivity index (χ4v) is 0.913. The van der Waals surface area contributed by atoms with Crippen LogP contribution < -0.4 is 5.32 Å². The van der Waals surface area contributed by atoms with Crippen LogP contribution in [0.1, 0.15) is 13.8 Å². The number of thioether (sulfide) groups is 1. The minimum atomic E-state index is -0.0517. The Morgan fingerprint density at radius 3 is 2.60 bits per heavy atom. The Kier molecular flexibility index (Phi) is 5.02. The van der Waals surface area contributed by atoms with Crippen molar-refractivity contribution < 1.29 is 9.59 Å². The molecule has 0 fully saturated rings. The molecule has 0 aromatic heterocycles. The Bertz CT molecular complexity index is 120. The third-order valence-electron chi connectivity index (χ3n) is 0.781. The molecule has 0 aliphatic rings. The van der Waals surface area contributed by atoms with E-state index < -0.39 is 0 Å². The molecular weight excluding hydrogens is 153 g/mol. The summed E-state index contributed by atoms with van der Waals surface area (Å²) < 4.78 is 0. The Morgan fingerprint density at radius 1 is 1.60 bits per heavy atom. The maximum Gasteiger partial charge on any atom is 0.216 e. The molecule has 0 aliphatic carbocycles. The Hall–Kier alpha value is -0.510. The third kappa shape index (κ3) is 7.49. The average Bonchev–Trinajstić information content (AvgIpc) is 1.79. The highest BCUT2D eigenvalue weighted by Gasteiger charge is 1.93. The first-order valence-electron chi connectivity index (χ1n) is 3.00. The van der Waals surface area contributed by atoms with E-state index in [1.54, 1.807) is 0 Å². The van der Waals surface area contributed by atoms with Gasteiger partial charge in [0.05, 0.1) is 0 Å². The second-order valence-corrected chi connectivity index (χ2v) is 3.09. The summed E-state index contributed by atoms with van der Waals surface area (Å²) in [5.74, 6) is 0.610. The van der Waals surface area contributed by atoms with Crippen LogP contribution in [0.2, 0.25) is 0 Å². The van der Waals surface area contributed by atoms with Crippen LogP contribution in [0.3, 0.4) is 0 Å². The quantitative estimate of drug-likeness (QED) is 0.373. The smallest absolute Gasteiger partial charge is 0.216 e. The summed E-state index contributed by atoms with van der Waals surface area (Å²) >= 11 is 1.22. The molecule has 0 aromatic carbocycles. The monoisotopic (exact) mass is 164 g/mol. The van der Waals surface area contributed by atoms with Gasteiger partial charge >= 0.3 is 0 Å². The maximum absolute atomic E-state index is 10.3. The van der Waals surface area contributed by atoms with Crippen LogP contribution in [-0.4, -0.2) is 23.3 Å². The van der Waals surface area contributed by atoms with Gasteiger partial charge in [0.1, 0.15) is 0 Å². The average molecular weight is 164 g/mol. The summed E-state index contributed by atoms with van der Waals surface area (Å²) in [5, 5.41) is 2.68. The number of carbonyl (C=O) groups is 2. The zero-order chi connectivity index (χ0) is 7.98. The van der Waals surface area contributed by atoms with Gasteiger partial charge in [0.25, 0.3) is 0 Å². The largest absolute Gasteiger partial charge is 0.356 e. The molecule has 1 N–H and O–H groups in total. The number of hydrogen-bond donors (Lipinski definition) is 1. The fourth-order valence-electron chi connectivity index (χ4n) is 0.422. The first kappa shape index (κ1) is 9.49. The van der Waals surface area contributed by atoms with E-state index in [-0.39, 0.29) is 11.0 Å². The topological polar surface area (TPSA) is 46.2 Å². The normalized spacial score (nSPS) is 9.00. The first-order chi connectivity index (χ1) is 4.63. The van der Waals surface area contributed by atoms with Crippen LogP contribution in [0, 0.1) is 0 Å². The molecule has 0 bridgehead atoms. The Balaban J connectivity index is 3.06. The van der Waals surface area contributed by atoms with Gasteiger partial charge in [0.15, 0.2) is 5.12 Å². The van der Waals surface area contributed by atoms with Gasteiger partial charge in [-0.3, -0.25) is 9.59 Å². The predicted molar refractivity (Wildman–Crippen MR) is 41.8 cm³/mol. The molecule has 0 aromatic rings. The molecule has 0 spiro atoms. The molecule has 1 amide bonds. The van der Waals surface area contributed by atoms with Crippen molar-refractivity contribution >= 4 is 22.8 Å². The molecule has 0 rings (SSSR count). The number of rotatable bonds is 3. The summed E-state index contributed by atoms with van der Waals surface area (Å²) in [4.78, 5) is 20.6. The van der Waals surface area contributed by atoms with Gasteiger partial charge in [-0.15, -0.1) is 0 Å². The van der Waals surface area contributed by atoms with Gasteiger partial charge in [0, 0.05) is 26.1 Å². The number of hydrogen-bond acceptors (Lipinski definition) is 3. The third-order valence-corrected chi connectivity index (χ3v) is 1.60. The Morgan fingerprint density at radius 2 is 2.20 bits per heavy atom. The molecule has 4 heteroatoms. The van der Waals surface area contributed by atoms with Crippen molar-refractivity contribution in [3.05, 3.63) is 0 Å². The molecule has 0 heterocycles. The van der Waals surface area contributed by atoms with E-state index in [0.717, 1.165) is 0 Å². The summed E-state index contributed by atoms with van der Waals surface area (Å²) in [6.07, 6.45) is 0. The Labute approximate surface area is 64.6 Å². The summed E-state index contributed by atoms with van der Waals surface area (Å²) in [6.45, 7) is 3.54. The van der Waals surface area contributed by atoms with Gasteiger partial charge < -0.3 is 5.32 Å². The predicted octanol–water partition coefficient (Wildman–Crippen LogP) is 0.402. The minimum absolute atomic E-state index is 0.0517. The van der Waals surface area contributed by atoms with E-state index in [1.807, 2.05) is 0 Å². The van der Waals surface area contributed by atoms with Gasteiger partial charge in [-0.25, -0.2) is 0 Å². The molecule has 0 aliphatic heterocycles. The van der Waals surface area contributed by atoms with Crippen molar-refractivity contribution in [2.45, 2.75) is 13.8 Å². The van der Waals surface area contributed by atoms with Gasteiger partial charge in [-0.1, -0.05) is 11.8 Å². The molecule has 0 saturated carbocycles. The molecular formula is C6H11NO2S. The SMILES string of the molecule is CC(=O)NCCS[13C](C)=[18O]. The van der Waals surface area contributed by atoms with Crippen molar-refractivity contribution in [3.8, 4) is 0 Å². The van der Waals surface area contributed by atoms with Gasteiger partial charge in [0.2, 0.25) is 5.91 Å². The van der Waals surface area contributed by atoms with Crippen LogP contribution in [0.25, 0.3) is 0 Å². The van der Waals surface area contributed by atoms with E-state index in [1.165, 1.54) is 25.6 Å². The highest BCUT2D eigenvalue weighted by molar-refractivity contribution is 8.13. The number of nitrogens with one attached hydrogen (secondary N) is 1. The summed E-state index contributed by atoms with van der Waals surface area (Å²) in [6, 6.07) is 0. The zero-order valence-electron chi connectivity index (χ0n) is 6.14. The van der Waals surface area contributed by atoms with Gasteiger partial charge in [-0.2, -0.15) is 0 Å². The van der Waals surface area contributed by atoms with Crippen molar-refractivity contribution in [2.24, 2.45) is 0 Å². The van der Waals surface area contributed by atoms with Crippen LogP contribution >= 0.6 is 11.8 Å².